The summed E-state index contributed by atoms with van der Waals surface area (Å²) in [4.78, 5) is 13.3. The van der Waals surface area contributed by atoms with E-state index in [1.54, 1.807) is 7.05 Å². The van der Waals surface area contributed by atoms with E-state index in [9.17, 15) is 4.79 Å². The highest BCUT2D eigenvalue weighted by Crippen LogP contribution is 2.20. The fourth-order valence-corrected chi connectivity index (χ4v) is 1.72. The van der Waals surface area contributed by atoms with Crippen LogP contribution in [0.2, 0.25) is 0 Å². The van der Waals surface area contributed by atoms with Gasteiger partial charge < -0.3 is 16.0 Å². The second-order valence-corrected chi connectivity index (χ2v) is 4.18. The summed E-state index contributed by atoms with van der Waals surface area (Å²) in [5, 5.41) is 2.62. The van der Waals surface area contributed by atoms with Crippen molar-refractivity contribution >= 4 is 11.6 Å². The van der Waals surface area contributed by atoms with Crippen molar-refractivity contribution in [2.45, 2.75) is 19.9 Å². The number of nitrogens with zero attached hydrogens (tertiary/aromatic N) is 1. The monoisotopic (exact) mass is 235 g/mol. The minimum Gasteiger partial charge on any atom is -0.374 e. The summed E-state index contributed by atoms with van der Waals surface area (Å²) >= 11 is 0. The maximum Gasteiger partial charge on any atom is 0.221 e. The van der Waals surface area contributed by atoms with Crippen LogP contribution in [0, 0.1) is 6.92 Å². The summed E-state index contributed by atoms with van der Waals surface area (Å²) in [6.45, 7) is 3.26. The van der Waals surface area contributed by atoms with Crippen LogP contribution in [0.5, 0.6) is 0 Å². The molecule has 0 unspecified atom stereocenters. The van der Waals surface area contributed by atoms with Crippen molar-refractivity contribution in [2.75, 3.05) is 25.5 Å². The number of nitrogens with one attached hydrogen (secondary N) is 1. The van der Waals surface area contributed by atoms with Gasteiger partial charge in [-0.15, -0.1) is 0 Å². The van der Waals surface area contributed by atoms with E-state index in [0.29, 0.717) is 19.5 Å². The molecule has 0 spiro atoms. The van der Waals surface area contributed by atoms with E-state index < -0.39 is 0 Å². The third-order valence-electron chi connectivity index (χ3n) is 2.83. The summed E-state index contributed by atoms with van der Waals surface area (Å²) in [6.07, 6.45) is 0.491. The summed E-state index contributed by atoms with van der Waals surface area (Å²) in [7, 11) is 3.64. The number of benzene rings is 1. The van der Waals surface area contributed by atoms with Crippen LogP contribution in [0.25, 0.3) is 0 Å². The largest absolute Gasteiger partial charge is 0.374 e. The first-order chi connectivity index (χ1) is 8.08. The van der Waals surface area contributed by atoms with Crippen LogP contribution in [0.15, 0.2) is 18.2 Å². The van der Waals surface area contributed by atoms with Crippen molar-refractivity contribution in [1.29, 1.82) is 0 Å². The molecule has 3 N–H and O–H groups in total. The summed E-state index contributed by atoms with van der Waals surface area (Å²) in [5.41, 5.74) is 9.13. The maximum absolute atomic E-state index is 11.2. The van der Waals surface area contributed by atoms with Gasteiger partial charge in [-0.25, -0.2) is 0 Å². The number of hydrogen-bond acceptors (Lipinski definition) is 3. The van der Waals surface area contributed by atoms with Gasteiger partial charge in [0.05, 0.1) is 0 Å². The van der Waals surface area contributed by atoms with Crippen molar-refractivity contribution < 1.29 is 4.79 Å². The smallest absolute Gasteiger partial charge is 0.221 e. The van der Waals surface area contributed by atoms with Gasteiger partial charge in [0.1, 0.15) is 0 Å². The normalized spacial score (nSPS) is 10.1. The summed E-state index contributed by atoms with van der Waals surface area (Å²) in [5.74, 6) is 0.0544. The van der Waals surface area contributed by atoms with Gasteiger partial charge in [-0.3, -0.25) is 4.79 Å². The summed E-state index contributed by atoms with van der Waals surface area (Å²) in [6, 6.07) is 6.20. The summed E-state index contributed by atoms with van der Waals surface area (Å²) < 4.78 is 0. The number of rotatable bonds is 5. The quantitative estimate of drug-likeness (QED) is 0.801. The Morgan fingerprint density at radius 3 is 2.76 bits per heavy atom. The van der Waals surface area contributed by atoms with E-state index >= 15 is 0 Å². The van der Waals surface area contributed by atoms with Crippen LogP contribution in [0.1, 0.15) is 17.5 Å². The molecule has 0 atom stereocenters. The van der Waals surface area contributed by atoms with Gasteiger partial charge in [-0.1, -0.05) is 12.1 Å². The molecule has 0 aromatic heterocycles. The molecule has 94 valence electrons. The lowest BCUT2D eigenvalue weighted by Gasteiger charge is -2.22. The Hall–Kier alpha value is -1.55. The second kappa shape index (κ2) is 6.25. The second-order valence-electron chi connectivity index (χ2n) is 4.18. The first-order valence-electron chi connectivity index (χ1n) is 5.79. The van der Waals surface area contributed by atoms with Crippen LogP contribution in [-0.2, 0) is 11.3 Å². The van der Waals surface area contributed by atoms with Gasteiger partial charge in [-0.05, 0) is 24.1 Å². The number of hydrogen-bond donors (Lipinski definition) is 2. The molecule has 0 aliphatic rings. The number of carbonyl (C=O) groups excluding carboxylic acids is 1. The third-order valence-corrected chi connectivity index (χ3v) is 2.83. The van der Waals surface area contributed by atoms with Crippen molar-refractivity contribution in [2.24, 2.45) is 5.73 Å². The van der Waals surface area contributed by atoms with Gasteiger partial charge in [-0.2, -0.15) is 0 Å². The van der Waals surface area contributed by atoms with Crippen molar-refractivity contribution in [1.82, 2.24) is 5.32 Å². The van der Waals surface area contributed by atoms with Crippen LogP contribution >= 0.6 is 0 Å². The number of carbonyl (C=O) groups is 1. The van der Waals surface area contributed by atoms with Gasteiger partial charge in [0, 0.05) is 39.3 Å². The molecule has 0 fully saturated rings. The molecule has 0 aliphatic carbocycles. The lowest BCUT2D eigenvalue weighted by Crippen LogP contribution is -2.27. The Morgan fingerprint density at radius 1 is 1.47 bits per heavy atom. The van der Waals surface area contributed by atoms with E-state index in [2.05, 4.69) is 29.3 Å². The predicted octanol–water partition coefficient (Wildman–Crippen LogP) is 1.03. The number of nitrogens with two attached hydrogens (primary N) is 1. The Bertz CT molecular complexity index is 390. The molecule has 0 radical (unpaired) electrons. The van der Waals surface area contributed by atoms with Gasteiger partial charge >= 0.3 is 0 Å². The van der Waals surface area contributed by atoms with E-state index in [1.807, 2.05) is 13.1 Å². The molecular weight excluding hydrogens is 214 g/mol. The van der Waals surface area contributed by atoms with Crippen LogP contribution in [0.3, 0.4) is 0 Å². The van der Waals surface area contributed by atoms with E-state index in [-0.39, 0.29) is 5.91 Å². The first-order valence-corrected chi connectivity index (χ1v) is 5.79. The Labute approximate surface area is 103 Å². The highest BCUT2D eigenvalue weighted by atomic mass is 16.1. The molecule has 1 aromatic rings. The Balaban J connectivity index is 2.76. The predicted molar refractivity (Wildman–Crippen MR) is 71.0 cm³/mol. The van der Waals surface area contributed by atoms with Crippen LogP contribution < -0.4 is 16.0 Å². The van der Waals surface area contributed by atoms with Crippen molar-refractivity contribution in [3.63, 3.8) is 0 Å². The number of aryl methyl sites for hydroxylation is 1. The lowest BCUT2D eigenvalue weighted by atomic mass is 10.1. The highest BCUT2D eigenvalue weighted by Gasteiger charge is 2.08. The number of amides is 1. The van der Waals surface area contributed by atoms with Crippen molar-refractivity contribution in [3.8, 4) is 0 Å². The fourth-order valence-electron chi connectivity index (χ4n) is 1.72. The minimum absolute atomic E-state index is 0.0544. The van der Waals surface area contributed by atoms with Crippen molar-refractivity contribution in [3.05, 3.63) is 29.3 Å². The first kappa shape index (κ1) is 13.5. The topological polar surface area (TPSA) is 58.4 Å². The average molecular weight is 235 g/mol. The van der Waals surface area contributed by atoms with Gasteiger partial charge in [0.2, 0.25) is 5.91 Å². The SMILES string of the molecule is CNC(=O)CCN(C)c1cc(C)ccc1CN. The molecule has 0 saturated heterocycles. The molecule has 0 aliphatic heterocycles. The third kappa shape index (κ3) is 3.75. The van der Waals surface area contributed by atoms with Gasteiger partial charge in [0.25, 0.3) is 0 Å². The van der Waals surface area contributed by atoms with E-state index in [0.717, 1.165) is 11.3 Å². The highest BCUT2D eigenvalue weighted by molar-refractivity contribution is 5.76. The number of anilines is 1. The Kier molecular flexibility index (Phi) is 4.97. The molecule has 0 bridgehead atoms. The molecule has 4 heteroatoms. The molecular formula is C13H21N3O. The zero-order valence-electron chi connectivity index (χ0n) is 10.8. The Morgan fingerprint density at radius 2 is 2.18 bits per heavy atom. The standard InChI is InChI=1S/C13H21N3O/c1-10-4-5-11(9-14)12(8-10)16(3)7-6-13(17)15-2/h4-5,8H,6-7,9,14H2,1-3H3,(H,15,17). The molecule has 1 aromatic carbocycles. The fraction of sp³-hybridized carbons (Fsp3) is 0.462. The zero-order chi connectivity index (χ0) is 12.8. The molecule has 17 heavy (non-hydrogen) atoms. The maximum atomic E-state index is 11.2. The molecule has 4 nitrogen and oxygen atoms in total. The zero-order valence-corrected chi connectivity index (χ0v) is 10.8. The molecule has 0 heterocycles. The van der Waals surface area contributed by atoms with E-state index in [4.69, 9.17) is 5.73 Å². The van der Waals surface area contributed by atoms with E-state index in [1.165, 1.54) is 5.56 Å². The average Bonchev–Trinajstić information content (AvgIpc) is 2.35. The van der Waals surface area contributed by atoms with Gasteiger partial charge in [0.15, 0.2) is 0 Å². The molecule has 1 rings (SSSR count). The van der Waals surface area contributed by atoms with Crippen LogP contribution in [-0.4, -0.2) is 26.5 Å². The molecule has 1 amide bonds. The minimum atomic E-state index is 0.0544. The lowest BCUT2D eigenvalue weighted by molar-refractivity contribution is -0.120. The van der Waals surface area contributed by atoms with Crippen LogP contribution in [0.4, 0.5) is 5.69 Å². The molecule has 0 saturated carbocycles.